The number of carbonyl (C=O) groups is 1. The summed E-state index contributed by atoms with van der Waals surface area (Å²) in [6.45, 7) is 1.72. The van der Waals surface area contributed by atoms with Gasteiger partial charge in [-0.1, -0.05) is 30.3 Å². The Morgan fingerprint density at radius 1 is 1.33 bits per heavy atom. The summed E-state index contributed by atoms with van der Waals surface area (Å²) in [4.78, 5) is 10.9. The topological polar surface area (TPSA) is 53.4 Å². The molecule has 0 saturated heterocycles. The molecule has 0 aliphatic heterocycles. The van der Waals surface area contributed by atoms with Crippen molar-refractivity contribution < 1.29 is 14.3 Å². The van der Waals surface area contributed by atoms with Crippen LogP contribution >= 0.6 is 0 Å². The van der Waals surface area contributed by atoms with Gasteiger partial charge < -0.3 is 9.47 Å². The maximum atomic E-state index is 10.9. The standard InChI is InChI=1S/C13H14N2O3/c1-10(16)18-12-8-15(2)14-13(12)17-9-11-6-4-3-5-7-11/h3-8H,9H2,1-2H3. The molecule has 1 aromatic carbocycles. The molecule has 0 bridgehead atoms. The van der Waals surface area contributed by atoms with E-state index in [1.807, 2.05) is 30.3 Å². The molecule has 5 heteroatoms. The van der Waals surface area contributed by atoms with Gasteiger partial charge in [-0.3, -0.25) is 9.48 Å². The third kappa shape index (κ3) is 3.10. The summed E-state index contributed by atoms with van der Waals surface area (Å²) in [6, 6.07) is 9.71. The fourth-order valence-corrected chi connectivity index (χ4v) is 1.50. The maximum Gasteiger partial charge on any atom is 0.308 e. The zero-order chi connectivity index (χ0) is 13.0. The van der Waals surface area contributed by atoms with E-state index in [1.165, 1.54) is 6.92 Å². The normalized spacial score (nSPS) is 10.1. The molecule has 2 rings (SSSR count). The zero-order valence-electron chi connectivity index (χ0n) is 10.3. The summed E-state index contributed by atoms with van der Waals surface area (Å²) >= 11 is 0. The highest BCUT2D eigenvalue weighted by atomic mass is 16.6. The van der Waals surface area contributed by atoms with E-state index in [-0.39, 0.29) is 0 Å². The van der Waals surface area contributed by atoms with E-state index >= 15 is 0 Å². The minimum absolute atomic E-state index is 0.316. The van der Waals surface area contributed by atoms with Crippen LogP contribution in [0, 0.1) is 0 Å². The van der Waals surface area contributed by atoms with Crippen LogP contribution in [0.5, 0.6) is 11.6 Å². The minimum Gasteiger partial charge on any atom is -0.469 e. The largest absolute Gasteiger partial charge is 0.469 e. The lowest BCUT2D eigenvalue weighted by Gasteiger charge is -2.04. The molecule has 1 aromatic heterocycles. The summed E-state index contributed by atoms with van der Waals surface area (Å²) in [6.07, 6.45) is 1.60. The molecule has 2 aromatic rings. The maximum absolute atomic E-state index is 10.9. The lowest BCUT2D eigenvalue weighted by Crippen LogP contribution is -2.03. The second kappa shape index (κ2) is 5.35. The molecular formula is C13H14N2O3. The smallest absolute Gasteiger partial charge is 0.308 e. The van der Waals surface area contributed by atoms with E-state index in [2.05, 4.69) is 5.10 Å². The highest BCUT2D eigenvalue weighted by Gasteiger charge is 2.12. The van der Waals surface area contributed by atoms with E-state index in [0.717, 1.165) is 5.56 Å². The molecule has 0 atom stereocenters. The first-order valence-corrected chi connectivity index (χ1v) is 5.54. The number of ether oxygens (including phenoxy) is 2. The first-order chi connectivity index (χ1) is 8.65. The van der Waals surface area contributed by atoms with Crippen LogP contribution in [0.3, 0.4) is 0 Å². The molecule has 0 saturated carbocycles. The van der Waals surface area contributed by atoms with Crippen LogP contribution in [-0.4, -0.2) is 15.7 Å². The van der Waals surface area contributed by atoms with Gasteiger partial charge in [-0.05, 0) is 5.56 Å². The van der Waals surface area contributed by atoms with Gasteiger partial charge in [0, 0.05) is 14.0 Å². The summed E-state index contributed by atoms with van der Waals surface area (Å²) in [5.41, 5.74) is 1.02. The summed E-state index contributed by atoms with van der Waals surface area (Å²) < 4.78 is 12.1. The van der Waals surface area contributed by atoms with Crippen LogP contribution in [0.4, 0.5) is 0 Å². The van der Waals surface area contributed by atoms with Crippen LogP contribution < -0.4 is 9.47 Å². The Hall–Kier alpha value is -2.30. The molecule has 5 nitrogen and oxygen atoms in total. The van der Waals surface area contributed by atoms with Crippen LogP contribution in [0.25, 0.3) is 0 Å². The van der Waals surface area contributed by atoms with Gasteiger partial charge >= 0.3 is 5.97 Å². The highest BCUT2D eigenvalue weighted by molar-refractivity contribution is 5.69. The van der Waals surface area contributed by atoms with Crippen molar-refractivity contribution in [1.82, 2.24) is 9.78 Å². The molecule has 0 N–H and O–H groups in total. The molecule has 1 heterocycles. The number of esters is 1. The molecule has 0 unspecified atom stereocenters. The van der Waals surface area contributed by atoms with E-state index in [9.17, 15) is 4.79 Å². The Kier molecular flexibility index (Phi) is 3.62. The van der Waals surface area contributed by atoms with Gasteiger partial charge in [-0.25, -0.2) is 0 Å². The zero-order valence-corrected chi connectivity index (χ0v) is 10.3. The van der Waals surface area contributed by atoms with Crippen molar-refractivity contribution >= 4 is 5.97 Å². The Morgan fingerprint density at radius 2 is 2.06 bits per heavy atom. The molecule has 0 amide bonds. The summed E-state index contributed by atoms with van der Waals surface area (Å²) in [5, 5.41) is 4.10. The highest BCUT2D eigenvalue weighted by Crippen LogP contribution is 2.25. The molecular weight excluding hydrogens is 232 g/mol. The first kappa shape index (κ1) is 12.2. The van der Waals surface area contributed by atoms with Crippen LogP contribution in [-0.2, 0) is 18.4 Å². The van der Waals surface area contributed by atoms with Crippen molar-refractivity contribution in [2.45, 2.75) is 13.5 Å². The fraction of sp³-hybridized carbons (Fsp3) is 0.231. The molecule has 0 aliphatic rings. The molecule has 18 heavy (non-hydrogen) atoms. The van der Waals surface area contributed by atoms with E-state index in [4.69, 9.17) is 9.47 Å². The molecule has 0 spiro atoms. The number of benzene rings is 1. The second-order valence-electron chi connectivity index (χ2n) is 3.84. The molecule has 94 valence electrons. The van der Waals surface area contributed by atoms with Crippen LogP contribution in [0.2, 0.25) is 0 Å². The quantitative estimate of drug-likeness (QED) is 0.773. The Bertz CT molecular complexity index is 534. The van der Waals surface area contributed by atoms with E-state index in [1.54, 1.807) is 17.9 Å². The monoisotopic (exact) mass is 246 g/mol. The van der Waals surface area contributed by atoms with Gasteiger partial charge in [-0.2, -0.15) is 0 Å². The van der Waals surface area contributed by atoms with Gasteiger partial charge in [0.2, 0.25) is 5.75 Å². The van der Waals surface area contributed by atoms with Crippen molar-refractivity contribution in [3.05, 3.63) is 42.1 Å². The van der Waals surface area contributed by atoms with Gasteiger partial charge in [0.25, 0.3) is 5.88 Å². The summed E-state index contributed by atoms with van der Waals surface area (Å²) in [7, 11) is 1.74. The number of aryl methyl sites for hydroxylation is 1. The van der Waals surface area contributed by atoms with Crippen LogP contribution in [0.15, 0.2) is 36.5 Å². The average Bonchev–Trinajstić information content (AvgIpc) is 2.67. The first-order valence-electron chi connectivity index (χ1n) is 5.54. The minimum atomic E-state index is -0.396. The second-order valence-corrected chi connectivity index (χ2v) is 3.84. The predicted octanol–water partition coefficient (Wildman–Crippen LogP) is 1.92. The van der Waals surface area contributed by atoms with Gasteiger partial charge in [-0.15, -0.1) is 5.10 Å². The number of rotatable bonds is 4. The Labute approximate surface area is 105 Å². The van der Waals surface area contributed by atoms with Gasteiger partial charge in [0.1, 0.15) is 6.61 Å². The number of nitrogens with zero attached hydrogens (tertiary/aromatic N) is 2. The molecule has 0 radical (unpaired) electrons. The van der Waals surface area contributed by atoms with Crippen molar-refractivity contribution in [2.75, 3.05) is 0 Å². The van der Waals surface area contributed by atoms with Gasteiger partial charge in [0.15, 0.2) is 0 Å². The molecule has 0 fully saturated rings. The summed E-state index contributed by atoms with van der Waals surface area (Å²) in [5.74, 6) is 0.255. The van der Waals surface area contributed by atoms with Crippen molar-refractivity contribution in [3.63, 3.8) is 0 Å². The third-order valence-corrected chi connectivity index (χ3v) is 2.24. The third-order valence-electron chi connectivity index (χ3n) is 2.24. The average molecular weight is 246 g/mol. The van der Waals surface area contributed by atoms with Gasteiger partial charge in [0.05, 0.1) is 6.20 Å². The SMILES string of the molecule is CC(=O)Oc1cn(C)nc1OCc1ccccc1. The lowest BCUT2D eigenvalue weighted by atomic mass is 10.2. The van der Waals surface area contributed by atoms with Crippen molar-refractivity contribution in [3.8, 4) is 11.6 Å². The van der Waals surface area contributed by atoms with E-state index < -0.39 is 5.97 Å². The molecule has 0 aliphatic carbocycles. The number of hydrogen-bond acceptors (Lipinski definition) is 4. The lowest BCUT2D eigenvalue weighted by molar-refractivity contribution is -0.132. The predicted molar refractivity (Wildman–Crippen MR) is 65.3 cm³/mol. The van der Waals surface area contributed by atoms with Crippen LogP contribution in [0.1, 0.15) is 12.5 Å². The fourth-order valence-electron chi connectivity index (χ4n) is 1.50. The van der Waals surface area contributed by atoms with E-state index in [0.29, 0.717) is 18.2 Å². The van der Waals surface area contributed by atoms with Crippen molar-refractivity contribution in [2.24, 2.45) is 7.05 Å². The number of aromatic nitrogens is 2. The Morgan fingerprint density at radius 3 is 2.72 bits per heavy atom. The number of hydrogen-bond donors (Lipinski definition) is 0. The van der Waals surface area contributed by atoms with Crippen molar-refractivity contribution in [1.29, 1.82) is 0 Å². The number of carbonyl (C=O) groups excluding carboxylic acids is 1. The Balaban J connectivity index is 2.07.